The van der Waals surface area contributed by atoms with Crippen molar-refractivity contribution in [2.45, 2.75) is 31.6 Å². The molecule has 0 radical (unpaired) electrons. The van der Waals surface area contributed by atoms with Crippen molar-refractivity contribution in [2.75, 3.05) is 6.54 Å². The third-order valence-electron chi connectivity index (χ3n) is 2.97. The molecule has 3 N–H and O–H groups in total. The summed E-state index contributed by atoms with van der Waals surface area (Å²) in [5.74, 6) is -0.0372. The number of hydrogen-bond acceptors (Lipinski definition) is 3. The molecule has 1 saturated heterocycles. The minimum atomic E-state index is -0.327. The first-order valence-corrected chi connectivity index (χ1v) is 5.96. The second-order valence-corrected chi connectivity index (χ2v) is 4.26. The largest absolute Gasteiger partial charge is 0.364 e. The van der Waals surface area contributed by atoms with Crippen LogP contribution in [0.2, 0.25) is 0 Å². The SMILES string of the molecule is Cl.NC[C@H]1CC[C@@H](C(=O)NCc2ccccc2)O1. The first kappa shape index (κ1) is 15.0. The number of ether oxygens (including phenoxy) is 1. The lowest BCUT2D eigenvalue weighted by atomic mass is 10.2. The van der Waals surface area contributed by atoms with Crippen LogP contribution in [0.1, 0.15) is 18.4 Å². The summed E-state index contributed by atoms with van der Waals surface area (Å²) >= 11 is 0. The van der Waals surface area contributed by atoms with Crippen molar-refractivity contribution in [3.05, 3.63) is 35.9 Å². The summed E-state index contributed by atoms with van der Waals surface area (Å²) in [7, 11) is 0. The van der Waals surface area contributed by atoms with Gasteiger partial charge in [-0.2, -0.15) is 0 Å². The number of carbonyl (C=O) groups is 1. The fourth-order valence-electron chi connectivity index (χ4n) is 1.97. The Labute approximate surface area is 113 Å². The molecule has 0 spiro atoms. The fourth-order valence-corrected chi connectivity index (χ4v) is 1.97. The van der Waals surface area contributed by atoms with E-state index in [-0.39, 0.29) is 30.5 Å². The number of rotatable bonds is 4. The molecule has 0 unspecified atom stereocenters. The predicted molar refractivity (Wildman–Crippen MR) is 72.5 cm³/mol. The fraction of sp³-hybridized carbons (Fsp3) is 0.462. The summed E-state index contributed by atoms with van der Waals surface area (Å²) in [5, 5.41) is 2.88. The molecule has 2 atom stereocenters. The maximum atomic E-state index is 11.8. The Hall–Kier alpha value is -1.10. The van der Waals surface area contributed by atoms with Crippen LogP contribution < -0.4 is 11.1 Å². The molecule has 1 fully saturated rings. The van der Waals surface area contributed by atoms with Crippen molar-refractivity contribution in [2.24, 2.45) is 5.73 Å². The molecule has 1 aromatic rings. The highest BCUT2D eigenvalue weighted by molar-refractivity contribution is 5.85. The lowest BCUT2D eigenvalue weighted by Crippen LogP contribution is -2.35. The molecule has 1 aromatic carbocycles. The Balaban J connectivity index is 0.00000162. The monoisotopic (exact) mass is 270 g/mol. The second kappa shape index (κ2) is 7.36. The van der Waals surface area contributed by atoms with E-state index >= 15 is 0 Å². The zero-order chi connectivity index (χ0) is 12.1. The zero-order valence-electron chi connectivity index (χ0n) is 10.2. The van der Waals surface area contributed by atoms with Gasteiger partial charge < -0.3 is 15.8 Å². The van der Waals surface area contributed by atoms with Gasteiger partial charge in [0.1, 0.15) is 6.10 Å². The number of nitrogens with one attached hydrogen (secondary N) is 1. The van der Waals surface area contributed by atoms with E-state index in [9.17, 15) is 4.79 Å². The number of halogens is 1. The summed E-state index contributed by atoms with van der Waals surface area (Å²) in [6, 6.07) is 9.84. The van der Waals surface area contributed by atoms with Crippen LogP contribution in [0, 0.1) is 0 Å². The van der Waals surface area contributed by atoms with Crippen LogP contribution >= 0.6 is 12.4 Å². The van der Waals surface area contributed by atoms with Crippen molar-refractivity contribution in [3.63, 3.8) is 0 Å². The van der Waals surface area contributed by atoms with E-state index in [1.54, 1.807) is 0 Å². The standard InChI is InChI=1S/C13H18N2O2.ClH/c14-8-11-6-7-12(17-11)13(16)15-9-10-4-2-1-3-5-10;/h1-5,11-12H,6-9,14H2,(H,15,16);1H/t11-,12+;/m1./s1. The average molecular weight is 271 g/mol. The molecule has 2 rings (SSSR count). The Bertz CT molecular complexity index is 373. The van der Waals surface area contributed by atoms with Gasteiger partial charge in [0.2, 0.25) is 5.91 Å². The van der Waals surface area contributed by atoms with Gasteiger partial charge in [-0.05, 0) is 18.4 Å². The summed E-state index contributed by atoms with van der Waals surface area (Å²) in [4.78, 5) is 11.8. The van der Waals surface area contributed by atoms with E-state index in [2.05, 4.69) is 5.32 Å². The van der Waals surface area contributed by atoms with Crippen molar-refractivity contribution in [1.82, 2.24) is 5.32 Å². The molecule has 1 amide bonds. The van der Waals surface area contributed by atoms with E-state index in [4.69, 9.17) is 10.5 Å². The molecule has 18 heavy (non-hydrogen) atoms. The summed E-state index contributed by atoms with van der Waals surface area (Å²) in [5.41, 5.74) is 6.60. The van der Waals surface area contributed by atoms with Crippen molar-refractivity contribution < 1.29 is 9.53 Å². The average Bonchev–Trinajstić information content (AvgIpc) is 2.86. The van der Waals surface area contributed by atoms with Gasteiger partial charge in [0.25, 0.3) is 0 Å². The number of carbonyl (C=O) groups excluding carboxylic acids is 1. The quantitative estimate of drug-likeness (QED) is 0.865. The van der Waals surface area contributed by atoms with Crippen LogP contribution in [0.5, 0.6) is 0 Å². The van der Waals surface area contributed by atoms with Crippen LogP contribution in [0.15, 0.2) is 30.3 Å². The topological polar surface area (TPSA) is 64.4 Å². The van der Waals surface area contributed by atoms with Crippen LogP contribution in [0.4, 0.5) is 0 Å². The molecule has 0 aromatic heterocycles. The molecule has 4 nitrogen and oxygen atoms in total. The molecule has 100 valence electrons. The Morgan fingerprint density at radius 1 is 1.33 bits per heavy atom. The highest BCUT2D eigenvalue weighted by Gasteiger charge is 2.29. The van der Waals surface area contributed by atoms with E-state index in [1.165, 1.54) is 0 Å². The Morgan fingerprint density at radius 3 is 2.67 bits per heavy atom. The lowest BCUT2D eigenvalue weighted by Gasteiger charge is -2.12. The van der Waals surface area contributed by atoms with Gasteiger partial charge in [-0.15, -0.1) is 12.4 Å². The van der Waals surface area contributed by atoms with Crippen LogP contribution in [0.3, 0.4) is 0 Å². The number of nitrogens with two attached hydrogens (primary N) is 1. The summed E-state index contributed by atoms with van der Waals surface area (Å²) < 4.78 is 5.52. The molecule has 5 heteroatoms. The number of amides is 1. The minimum Gasteiger partial charge on any atom is -0.364 e. The van der Waals surface area contributed by atoms with Gasteiger partial charge in [-0.3, -0.25) is 4.79 Å². The maximum absolute atomic E-state index is 11.8. The third-order valence-corrected chi connectivity index (χ3v) is 2.97. The first-order valence-electron chi connectivity index (χ1n) is 5.96. The maximum Gasteiger partial charge on any atom is 0.249 e. The van der Waals surface area contributed by atoms with Gasteiger partial charge in [0.05, 0.1) is 6.10 Å². The number of hydrogen-bond donors (Lipinski definition) is 2. The van der Waals surface area contributed by atoms with Crippen LogP contribution in [0.25, 0.3) is 0 Å². The molecule has 1 aliphatic heterocycles. The summed E-state index contributed by atoms with van der Waals surface area (Å²) in [6.45, 7) is 1.04. The van der Waals surface area contributed by atoms with E-state index < -0.39 is 0 Å². The van der Waals surface area contributed by atoms with E-state index in [0.717, 1.165) is 18.4 Å². The number of benzene rings is 1. The zero-order valence-corrected chi connectivity index (χ0v) is 11.0. The van der Waals surface area contributed by atoms with Crippen molar-refractivity contribution in [1.29, 1.82) is 0 Å². The predicted octanol–water partition coefficient (Wildman–Crippen LogP) is 1.23. The van der Waals surface area contributed by atoms with Crippen LogP contribution in [-0.2, 0) is 16.1 Å². The minimum absolute atomic E-state index is 0. The second-order valence-electron chi connectivity index (χ2n) is 4.26. The smallest absolute Gasteiger partial charge is 0.249 e. The Kier molecular flexibility index (Phi) is 6.12. The highest BCUT2D eigenvalue weighted by atomic mass is 35.5. The van der Waals surface area contributed by atoms with Crippen molar-refractivity contribution in [3.8, 4) is 0 Å². The van der Waals surface area contributed by atoms with E-state index in [1.807, 2.05) is 30.3 Å². The molecule has 1 aliphatic rings. The lowest BCUT2D eigenvalue weighted by molar-refractivity contribution is -0.132. The molecule has 1 heterocycles. The third kappa shape index (κ3) is 3.98. The van der Waals surface area contributed by atoms with Crippen LogP contribution in [-0.4, -0.2) is 24.7 Å². The van der Waals surface area contributed by atoms with E-state index in [0.29, 0.717) is 13.1 Å². The molecular formula is C13H19ClN2O2. The molecule has 0 bridgehead atoms. The Morgan fingerprint density at radius 2 is 2.06 bits per heavy atom. The van der Waals surface area contributed by atoms with Gasteiger partial charge in [-0.25, -0.2) is 0 Å². The molecular weight excluding hydrogens is 252 g/mol. The van der Waals surface area contributed by atoms with Gasteiger partial charge >= 0.3 is 0 Å². The normalized spacial score (nSPS) is 22.3. The van der Waals surface area contributed by atoms with Gasteiger partial charge in [0.15, 0.2) is 0 Å². The first-order chi connectivity index (χ1) is 8.29. The highest BCUT2D eigenvalue weighted by Crippen LogP contribution is 2.18. The van der Waals surface area contributed by atoms with Gasteiger partial charge in [-0.1, -0.05) is 30.3 Å². The molecule has 0 aliphatic carbocycles. The molecule has 0 saturated carbocycles. The summed E-state index contributed by atoms with van der Waals surface area (Å²) in [6.07, 6.45) is 1.36. The van der Waals surface area contributed by atoms with Crippen molar-refractivity contribution >= 4 is 18.3 Å². The van der Waals surface area contributed by atoms with Gasteiger partial charge in [0, 0.05) is 13.1 Å².